The molecule has 3 rings (SSSR count). The van der Waals surface area contributed by atoms with Crippen LogP contribution in [0.3, 0.4) is 0 Å². The first-order valence-electron chi connectivity index (χ1n) is 6.39. The van der Waals surface area contributed by atoms with E-state index in [2.05, 4.69) is 5.32 Å². The van der Waals surface area contributed by atoms with Gasteiger partial charge < -0.3 is 5.32 Å². The summed E-state index contributed by atoms with van der Waals surface area (Å²) in [5, 5.41) is 2.91. The van der Waals surface area contributed by atoms with Crippen molar-refractivity contribution in [3.05, 3.63) is 29.8 Å². The first-order chi connectivity index (χ1) is 8.63. The maximum atomic E-state index is 13.4. The van der Waals surface area contributed by atoms with Crippen LogP contribution in [0.5, 0.6) is 0 Å². The van der Waals surface area contributed by atoms with E-state index in [9.17, 15) is 8.78 Å². The number of halogens is 2. The zero-order valence-electron chi connectivity index (χ0n) is 9.96. The summed E-state index contributed by atoms with van der Waals surface area (Å²) >= 11 is 5.29. The summed E-state index contributed by atoms with van der Waals surface area (Å²) in [6, 6.07) is 3.51. The highest BCUT2D eigenvalue weighted by Crippen LogP contribution is 2.49. The molecule has 0 aromatic heterocycles. The fourth-order valence-corrected chi connectivity index (χ4v) is 2.83. The van der Waals surface area contributed by atoms with Crippen molar-refractivity contribution in [2.24, 2.45) is 17.8 Å². The van der Waals surface area contributed by atoms with E-state index in [-0.39, 0.29) is 5.69 Å². The Hall–Kier alpha value is -1.03. The summed E-state index contributed by atoms with van der Waals surface area (Å²) in [7, 11) is 0. The summed E-state index contributed by atoms with van der Waals surface area (Å²) < 4.78 is 26.2. The zero-order chi connectivity index (χ0) is 12.7. The molecule has 96 valence electrons. The number of hydrogen-bond acceptors (Lipinski definition) is 1. The molecule has 4 heteroatoms. The molecule has 2 aliphatic carbocycles. The molecule has 0 saturated heterocycles. The van der Waals surface area contributed by atoms with Crippen LogP contribution in [0.1, 0.15) is 25.7 Å². The van der Waals surface area contributed by atoms with Crippen LogP contribution in [0.2, 0.25) is 0 Å². The summed E-state index contributed by atoms with van der Waals surface area (Å²) in [5.41, 5.74) is 0.276. The predicted molar refractivity (Wildman–Crippen MR) is 71.5 cm³/mol. The maximum absolute atomic E-state index is 13.4. The van der Waals surface area contributed by atoms with Gasteiger partial charge in [-0.05, 0) is 36.8 Å². The van der Waals surface area contributed by atoms with Crippen LogP contribution in [0.25, 0.3) is 0 Å². The van der Waals surface area contributed by atoms with Gasteiger partial charge in [0.25, 0.3) is 0 Å². The van der Waals surface area contributed by atoms with Crippen molar-refractivity contribution in [3.8, 4) is 0 Å². The van der Waals surface area contributed by atoms with Gasteiger partial charge in [-0.25, -0.2) is 8.78 Å². The molecule has 1 aromatic carbocycles. The Labute approximate surface area is 111 Å². The van der Waals surface area contributed by atoms with Gasteiger partial charge >= 0.3 is 0 Å². The minimum atomic E-state index is -0.586. The van der Waals surface area contributed by atoms with E-state index < -0.39 is 11.6 Å². The third-order valence-corrected chi connectivity index (χ3v) is 4.19. The number of rotatable bonds is 4. The van der Waals surface area contributed by atoms with Crippen LogP contribution >= 0.6 is 12.2 Å². The van der Waals surface area contributed by atoms with Gasteiger partial charge in [-0.2, -0.15) is 0 Å². The Morgan fingerprint density at radius 2 is 2.11 bits per heavy atom. The molecule has 1 N–H and O–H groups in total. The van der Waals surface area contributed by atoms with Crippen molar-refractivity contribution in [2.75, 3.05) is 5.32 Å². The van der Waals surface area contributed by atoms with Gasteiger partial charge in [-0.1, -0.05) is 25.1 Å². The van der Waals surface area contributed by atoms with E-state index in [4.69, 9.17) is 12.2 Å². The van der Waals surface area contributed by atoms with Gasteiger partial charge in [-0.15, -0.1) is 0 Å². The molecule has 2 unspecified atom stereocenters. The first-order valence-corrected chi connectivity index (χ1v) is 6.80. The first kappa shape index (κ1) is 12.0. The highest BCUT2D eigenvalue weighted by Gasteiger charge is 2.43. The molecule has 0 bridgehead atoms. The SMILES string of the molecule is Fc1ccc(NC(=S)C2CC2CC2CC2)c(F)c1. The standard InChI is InChI=1S/C14H15F2NS/c15-10-3-4-13(12(16)7-10)17-14(18)11-6-9(11)5-8-1-2-8/h3-4,7-9,11H,1-2,5-6H2,(H,17,18). The monoisotopic (exact) mass is 267 g/mol. The molecule has 0 aliphatic heterocycles. The molecule has 2 saturated carbocycles. The molecule has 2 fully saturated rings. The third kappa shape index (κ3) is 2.69. The van der Waals surface area contributed by atoms with Gasteiger partial charge in [0, 0.05) is 12.0 Å². The van der Waals surface area contributed by atoms with E-state index in [0.717, 1.165) is 18.4 Å². The second kappa shape index (κ2) is 4.57. The Morgan fingerprint density at radius 1 is 1.33 bits per heavy atom. The summed E-state index contributed by atoms with van der Waals surface area (Å²) in [4.78, 5) is 0.700. The average molecular weight is 267 g/mol. The molecular weight excluding hydrogens is 252 g/mol. The van der Waals surface area contributed by atoms with Crippen LogP contribution in [0, 0.1) is 29.4 Å². The van der Waals surface area contributed by atoms with Gasteiger partial charge in [-0.3, -0.25) is 0 Å². The lowest BCUT2D eigenvalue weighted by Crippen LogP contribution is -2.13. The molecule has 0 amide bonds. The van der Waals surface area contributed by atoms with E-state index >= 15 is 0 Å². The summed E-state index contributed by atoms with van der Waals surface area (Å²) in [6.07, 6.45) is 5.09. The quantitative estimate of drug-likeness (QED) is 0.823. The molecule has 0 spiro atoms. The second-order valence-corrected chi connectivity index (χ2v) is 5.83. The lowest BCUT2D eigenvalue weighted by atomic mass is 10.1. The van der Waals surface area contributed by atoms with Crippen LogP contribution in [0.15, 0.2) is 18.2 Å². The maximum Gasteiger partial charge on any atom is 0.149 e. The largest absolute Gasteiger partial charge is 0.347 e. The number of thiocarbonyl (C=S) groups is 1. The molecular formula is C14H15F2NS. The van der Waals surface area contributed by atoms with Crippen LogP contribution in [0.4, 0.5) is 14.5 Å². The van der Waals surface area contributed by atoms with Crippen molar-refractivity contribution < 1.29 is 8.78 Å². The molecule has 0 heterocycles. The van der Waals surface area contributed by atoms with Crippen molar-refractivity contribution in [3.63, 3.8) is 0 Å². The molecule has 18 heavy (non-hydrogen) atoms. The number of hydrogen-bond donors (Lipinski definition) is 1. The molecule has 1 aromatic rings. The lowest BCUT2D eigenvalue weighted by Gasteiger charge is -2.08. The lowest BCUT2D eigenvalue weighted by molar-refractivity contribution is 0.586. The Bertz CT molecular complexity index is 485. The van der Waals surface area contributed by atoms with Crippen LogP contribution in [-0.4, -0.2) is 4.99 Å². The van der Waals surface area contributed by atoms with Crippen molar-refractivity contribution in [1.29, 1.82) is 0 Å². The van der Waals surface area contributed by atoms with Crippen molar-refractivity contribution >= 4 is 22.9 Å². The third-order valence-electron chi connectivity index (χ3n) is 3.78. The summed E-state index contributed by atoms with van der Waals surface area (Å²) in [5.74, 6) is 0.829. The molecule has 1 nitrogen and oxygen atoms in total. The highest BCUT2D eigenvalue weighted by atomic mass is 32.1. The van der Waals surface area contributed by atoms with Gasteiger partial charge in [0.2, 0.25) is 0 Å². The predicted octanol–water partition coefficient (Wildman–Crippen LogP) is 4.14. The molecule has 0 radical (unpaired) electrons. The number of anilines is 1. The van der Waals surface area contributed by atoms with E-state index in [0.29, 0.717) is 16.8 Å². The Balaban J connectivity index is 1.57. The fourth-order valence-electron chi connectivity index (χ4n) is 2.43. The second-order valence-electron chi connectivity index (χ2n) is 5.39. The average Bonchev–Trinajstić information content (AvgIpc) is 3.20. The van der Waals surface area contributed by atoms with Gasteiger partial charge in [0.1, 0.15) is 11.6 Å². The van der Waals surface area contributed by atoms with Gasteiger partial charge in [0.05, 0.1) is 10.7 Å². The fraction of sp³-hybridized carbons (Fsp3) is 0.500. The smallest absolute Gasteiger partial charge is 0.149 e. The van der Waals surface area contributed by atoms with E-state index in [1.165, 1.54) is 31.4 Å². The van der Waals surface area contributed by atoms with Crippen molar-refractivity contribution in [2.45, 2.75) is 25.7 Å². The van der Waals surface area contributed by atoms with Crippen molar-refractivity contribution in [1.82, 2.24) is 0 Å². The normalized spacial score (nSPS) is 25.9. The van der Waals surface area contributed by atoms with Gasteiger partial charge in [0.15, 0.2) is 0 Å². The van der Waals surface area contributed by atoms with E-state index in [1.807, 2.05) is 0 Å². The molecule has 2 atom stereocenters. The summed E-state index contributed by atoms with van der Waals surface area (Å²) in [6.45, 7) is 0. The number of nitrogens with one attached hydrogen (secondary N) is 1. The zero-order valence-corrected chi connectivity index (χ0v) is 10.8. The van der Waals surface area contributed by atoms with Crippen LogP contribution < -0.4 is 5.32 Å². The topological polar surface area (TPSA) is 12.0 Å². The minimum Gasteiger partial charge on any atom is -0.347 e. The number of benzene rings is 1. The Kier molecular flexibility index (Phi) is 3.06. The van der Waals surface area contributed by atoms with Crippen LogP contribution in [-0.2, 0) is 0 Å². The minimum absolute atomic E-state index is 0.276. The highest BCUT2D eigenvalue weighted by molar-refractivity contribution is 7.80. The molecule has 2 aliphatic rings. The Morgan fingerprint density at radius 3 is 2.78 bits per heavy atom. The van der Waals surface area contributed by atoms with E-state index in [1.54, 1.807) is 0 Å².